The van der Waals surface area contributed by atoms with Crippen LogP contribution in [-0.4, -0.2) is 29.7 Å². The van der Waals surface area contributed by atoms with Crippen LogP contribution in [0.5, 0.6) is 0 Å². The van der Waals surface area contributed by atoms with Gasteiger partial charge in [0.05, 0.1) is 10.0 Å². The summed E-state index contributed by atoms with van der Waals surface area (Å²) in [4.78, 5) is 22.0. The molecule has 120 valence electrons. The van der Waals surface area contributed by atoms with Gasteiger partial charge < -0.3 is 15.7 Å². The van der Waals surface area contributed by atoms with Crippen LogP contribution in [0.1, 0.15) is 37.2 Å². The lowest BCUT2D eigenvalue weighted by molar-refractivity contribution is -0.137. The number of nitrogens with one attached hydrogen (secondary N) is 2. The number of carboxylic acid groups (broad SMARTS) is 1. The van der Waals surface area contributed by atoms with Crippen molar-refractivity contribution in [2.24, 2.45) is 0 Å². The molecule has 0 radical (unpaired) electrons. The maximum absolute atomic E-state index is 11.6. The van der Waals surface area contributed by atoms with Crippen LogP contribution >= 0.6 is 23.2 Å². The van der Waals surface area contributed by atoms with E-state index in [0.717, 1.165) is 18.4 Å². The average Bonchev–Trinajstić information content (AvgIpc) is 2.41. The molecule has 0 aliphatic heterocycles. The number of carbonyl (C=O) groups excluding carboxylic acids is 1. The highest BCUT2D eigenvalue weighted by Gasteiger charge is 2.31. The molecule has 22 heavy (non-hydrogen) atoms. The third kappa shape index (κ3) is 4.78. The van der Waals surface area contributed by atoms with Crippen LogP contribution in [0, 0.1) is 0 Å². The number of hydrogen-bond donors (Lipinski definition) is 3. The topological polar surface area (TPSA) is 78.4 Å². The predicted octanol–water partition coefficient (Wildman–Crippen LogP) is 3.40. The van der Waals surface area contributed by atoms with Gasteiger partial charge >= 0.3 is 12.0 Å². The molecule has 1 aromatic rings. The summed E-state index contributed by atoms with van der Waals surface area (Å²) in [5.74, 6) is -0.474. The molecule has 0 atom stereocenters. The molecule has 0 bridgehead atoms. The third-order valence-corrected chi connectivity index (χ3v) is 4.48. The molecule has 3 N–H and O–H groups in total. The molecule has 2 rings (SSSR count). The van der Waals surface area contributed by atoms with Gasteiger partial charge in [0.15, 0.2) is 0 Å². The number of hydrogen-bond acceptors (Lipinski definition) is 2. The van der Waals surface area contributed by atoms with E-state index in [-0.39, 0.29) is 18.5 Å². The number of halogens is 2. The van der Waals surface area contributed by atoms with E-state index in [0.29, 0.717) is 28.9 Å². The second-order valence-corrected chi connectivity index (χ2v) is 6.25. The van der Waals surface area contributed by atoms with E-state index in [4.69, 9.17) is 28.3 Å². The fraction of sp³-hybridized carbons (Fsp3) is 0.467. The Hall–Kier alpha value is -1.46. The van der Waals surface area contributed by atoms with Gasteiger partial charge in [-0.1, -0.05) is 29.3 Å². The molecule has 0 aromatic heterocycles. The lowest BCUT2D eigenvalue weighted by Gasteiger charge is -2.36. The lowest BCUT2D eigenvalue weighted by Crippen LogP contribution is -2.47. The highest BCUT2D eigenvalue weighted by Crippen LogP contribution is 2.38. The molecule has 1 saturated carbocycles. The van der Waals surface area contributed by atoms with E-state index >= 15 is 0 Å². The van der Waals surface area contributed by atoms with Crippen molar-refractivity contribution in [2.75, 3.05) is 6.54 Å². The van der Waals surface area contributed by atoms with Crippen molar-refractivity contribution < 1.29 is 14.7 Å². The van der Waals surface area contributed by atoms with Crippen LogP contribution in [0.25, 0.3) is 0 Å². The van der Waals surface area contributed by atoms with E-state index in [1.54, 1.807) is 6.07 Å². The molecule has 1 aliphatic rings. The molecule has 0 spiro atoms. The monoisotopic (exact) mass is 344 g/mol. The van der Waals surface area contributed by atoms with Gasteiger partial charge in [0.25, 0.3) is 0 Å². The largest absolute Gasteiger partial charge is 0.481 e. The predicted molar refractivity (Wildman–Crippen MR) is 85.6 cm³/mol. The summed E-state index contributed by atoms with van der Waals surface area (Å²) < 4.78 is 0. The summed E-state index contributed by atoms with van der Waals surface area (Å²) in [6, 6.07) is 5.51. The van der Waals surface area contributed by atoms with Crippen molar-refractivity contribution in [3.63, 3.8) is 0 Å². The van der Waals surface area contributed by atoms with Gasteiger partial charge in [-0.25, -0.2) is 4.79 Å². The second kappa shape index (κ2) is 7.70. The summed E-state index contributed by atoms with van der Waals surface area (Å²) >= 11 is 11.9. The molecule has 1 aromatic carbocycles. The number of amides is 2. The number of urea groups is 1. The van der Waals surface area contributed by atoms with E-state index in [9.17, 15) is 9.59 Å². The highest BCUT2D eigenvalue weighted by atomic mass is 35.5. The molecule has 5 nitrogen and oxygen atoms in total. The Morgan fingerprint density at radius 3 is 2.59 bits per heavy atom. The minimum atomic E-state index is -0.856. The van der Waals surface area contributed by atoms with Crippen molar-refractivity contribution in [3.8, 4) is 0 Å². The summed E-state index contributed by atoms with van der Waals surface area (Å²) in [7, 11) is 0. The number of rotatable bonds is 6. The van der Waals surface area contributed by atoms with Crippen LogP contribution in [0.4, 0.5) is 4.79 Å². The van der Waals surface area contributed by atoms with Crippen molar-refractivity contribution in [1.29, 1.82) is 0 Å². The quantitative estimate of drug-likeness (QED) is 0.692. The SMILES string of the molecule is O=C(O)CCCNC(=O)NC1CC(c2ccc(Cl)c(Cl)c2)C1. The number of benzene rings is 1. The summed E-state index contributed by atoms with van der Waals surface area (Å²) in [6.07, 6.45) is 2.21. The summed E-state index contributed by atoms with van der Waals surface area (Å²) in [6.45, 7) is 0.362. The van der Waals surface area contributed by atoms with Crippen LogP contribution < -0.4 is 10.6 Å². The molecule has 1 aliphatic carbocycles. The van der Waals surface area contributed by atoms with Crippen LogP contribution in [0.2, 0.25) is 10.0 Å². The number of carboxylic acids is 1. The van der Waals surface area contributed by atoms with Crippen LogP contribution in [0.3, 0.4) is 0 Å². The Morgan fingerprint density at radius 2 is 1.95 bits per heavy atom. The Morgan fingerprint density at radius 1 is 1.23 bits per heavy atom. The Bertz CT molecular complexity index is 560. The molecule has 0 heterocycles. The van der Waals surface area contributed by atoms with Gasteiger partial charge in [0.2, 0.25) is 0 Å². The van der Waals surface area contributed by atoms with Gasteiger partial charge in [-0.15, -0.1) is 0 Å². The molecular weight excluding hydrogens is 327 g/mol. The smallest absolute Gasteiger partial charge is 0.315 e. The molecular formula is C15H18Cl2N2O3. The molecule has 0 saturated heterocycles. The first-order valence-electron chi connectivity index (χ1n) is 7.17. The summed E-state index contributed by atoms with van der Waals surface area (Å²) in [5, 5.41) is 15.1. The fourth-order valence-corrected chi connectivity index (χ4v) is 2.76. The van der Waals surface area contributed by atoms with Gasteiger partial charge in [-0.2, -0.15) is 0 Å². The Kier molecular flexibility index (Phi) is 5.91. The van der Waals surface area contributed by atoms with Gasteiger partial charge in [0, 0.05) is 19.0 Å². The fourth-order valence-electron chi connectivity index (χ4n) is 2.45. The second-order valence-electron chi connectivity index (χ2n) is 5.44. The first-order chi connectivity index (χ1) is 10.5. The van der Waals surface area contributed by atoms with Crippen LogP contribution in [0.15, 0.2) is 18.2 Å². The normalized spacial score (nSPS) is 20.1. The van der Waals surface area contributed by atoms with Gasteiger partial charge in [-0.05, 0) is 42.9 Å². The van der Waals surface area contributed by atoms with E-state index < -0.39 is 5.97 Å². The minimum Gasteiger partial charge on any atom is -0.481 e. The van der Waals surface area contributed by atoms with Crippen molar-refractivity contribution in [3.05, 3.63) is 33.8 Å². The van der Waals surface area contributed by atoms with Crippen molar-refractivity contribution in [1.82, 2.24) is 10.6 Å². The molecule has 0 unspecified atom stereocenters. The molecule has 7 heteroatoms. The summed E-state index contributed by atoms with van der Waals surface area (Å²) in [5.41, 5.74) is 1.13. The maximum Gasteiger partial charge on any atom is 0.315 e. The number of carbonyl (C=O) groups is 2. The first kappa shape index (κ1) is 16.9. The average molecular weight is 345 g/mol. The van der Waals surface area contributed by atoms with E-state index in [2.05, 4.69) is 10.6 Å². The first-order valence-corrected chi connectivity index (χ1v) is 7.92. The van der Waals surface area contributed by atoms with Crippen molar-refractivity contribution in [2.45, 2.75) is 37.6 Å². The standard InChI is InChI=1S/C15H18Cl2N2O3/c16-12-4-3-9(8-13(12)17)10-6-11(7-10)19-15(22)18-5-1-2-14(20)21/h3-4,8,10-11H,1-2,5-7H2,(H,20,21)(H2,18,19,22). The minimum absolute atomic E-state index is 0.0586. The molecule has 2 amide bonds. The number of aliphatic carboxylic acids is 1. The zero-order valence-electron chi connectivity index (χ0n) is 11.9. The lowest BCUT2D eigenvalue weighted by atomic mass is 9.76. The van der Waals surface area contributed by atoms with Gasteiger partial charge in [0.1, 0.15) is 0 Å². The zero-order chi connectivity index (χ0) is 16.1. The molecule has 1 fully saturated rings. The van der Waals surface area contributed by atoms with E-state index in [1.165, 1.54) is 0 Å². The van der Waals surface area contributed by atoms with Crippen molar-refractivity contribution >= 4 is 35.2 Å². The van der Waals surface area contributed by atoms with E-state index in [1.807, 2.05) is 12.1 Å². The third-order valence-electron chi connectivity index (χ3n) is 3.74. The van der Waals surface area contributed by atoms with Gasteiger partial charge in [-0.3, -0.25) is 4.79 Å². The highest BCUT2D eigenvalue weighted by molar-refractivity contribution is 6.42. The zero-order valence-corrected chi connectivity index (χ0v) is 13.5. The Labute approximate surface area is 139 Å². The van der Waals surface area contributed by atoms with Crippen LogP contribution in [-0.2, 0) is 4.79 Å². The maximum atomic E-state index is 11.6. The Balaban J connectivity index is 1.67.